The van der Waals surface area contributed by atoms with E-state index in [4.69, 9.17) is 10.2 Å². The summed E-state index contributed by atoms with van der Waals surface area (Å²) in [6, 6.07) is -1.49. The molecule has 0 amide bonds. The van der Waals surface area contributed by atoms with E-state index in [-0.39, 0.29) is 12.4 Å². The lowest BCUT2D eigenvalue weighted by Gasteiger charge is -2.29. The lowest BCUT2D eigenvalue weighted by Crippen LogP contribution is -3.00. The Balaban J connectivity index is 0. The third-order valence-corrected chi connectivity index (χ3v) is 1.74. The van der Waals surface area contributed by atoms with E-state index < -0.39 is 23.9 Å². The van der Waals surface area contributed by atoms with Crippen LogP contribution in [0.3, 0.4) is 0 Å². The molecular weight excluding hydrogens is 211 g/mol. The largest absolute Gasteiger partial charge is 1.00 e. The first-order valence-corrected chi connectivity index (χ1v) is 3.45. The Bertz CT molecular complexity index is 160. The van der Waals surface area contributed by atoms with Crippen molar-refractivity contribution in [3.05, 3.63) is 0 Å². The third-order valence-electron chi connectivity index (χ3n) is 1.74. The van der Waals surface area contributed by atoms with Gasteiger partial charge in [0.05, 0.1) is 0 Å². The van der Waals surface area contributed by atoms with Crippen LogP contribution >= 0.6 is 0 Å². The first-order chi connectivity index (χ1) is 5.10. The van der Waals surface area contributed by atoms with E-state index in [2.05, 4.69) is 5.73 Å². The summed E-state index contributed by atoms with van der Waals surface area (Å²) in [5.41, 5.74) is 3.06. The molecule has 13 heavy (non-hydrogen) atoms. The monoisotopic (exact) mass is 223 g/mol. The van der Waals surface area contributed by atoms with Crippen molar-refractivity contribution in [1.29, 1.82) is 0 Å². The topological polar surface area (TPSA) is 68.1 Å². The zero-order valence-electron chi connectivity index (χ0n) is 7.27. The summed E-state index contributed by atoms with van der Waals surface area (Å²) in [7, 11) is 0. The average molecular weight is 224 g/mol. The zero-order valence-corrected chi connectivity index (χ0v) is 8.02. The minimum atomic E-state index is -5.05. The Labute approximate surface area is 80.1 Å². The fourth-order valence-corrected chi connectivity index (χ4v) is 0.675. The second-order valence-electron chi connectivity index (χ2n) is 3.07. The molecule has 0 heterocycles. The zero-order chi connectivity index (χ0) is 10.2. The molecule has 5 N–H and O–H groups in total. The first-order valence-electron chi connectivity index (χ1n) is 3.45. The molecule has 0 fully saturated rings. The summed E-state index contributed by atoms with van der Waals surface area (Å²) in [5, 5.41) is 17.3. The van der Waals surface area contributed by atoms with E-state index in [0.29, 0.717) is 0 Å². The van der Waals surface area contributed by atoms with Crippen molar-refractivity contribution in [2.75, 3.05) is 0 Å². The minimum Gasteiger partial charge on any atom is -1.00 e. The van der Waals surface area contributed by atoms with E-state index in [0.717, 1.165) is 0 Å². The highest BCUT2D eigenvalue weighted by Gasteiger charge is 2.60. The molecule has 0 bridgehead atoms. The van der Waals surface area contributed by atoms with Crippen LogP contribution in [-0.4, -0.2) is 28.2 Å². The molecule has 82 valence electrons. The maximum absolute atomic E-state index is 11.9. The molecule has 0 spiro atoms. The summed E-state index contributed by atoms with van der Waals surface area (Å²) >= 11 is 0. The molecule has 0 aromatic carbocycles. The van der Waals surface area contributed by atoms with Crippen LogP contribution in [0.15, 0.2) is 0 Å². The Morgan fingerprint density at radius 2 is 1.46 bits per heavy atom. The summed E-state index contributed by atoms with van der Waals surface area (Å²) < 4.78 is 35.7. The Hall–Kier alpha value is -0.0400. The van der Waals surface area contributed by atoms with Crippen LogP contribution in [0.4, 0.5) is 13.2 Å². The predicted molar refractivity (Wildman–Crippen MR) is 34.7 cm³/mol. The molecule has 0 aromatic heterocycles. The van der Waals surface area contributed by atoms with Crippen molar-refractivity contribution in [2.24, 2.45) is 5.92 Å². The molecule has 0 saturated heterocycles. The molecule has 0 aliphatic rings. The van der Waals surface area contributed by atoms with Crippen LogP contribution < -0.4 is 18.1 Å². The standard InChI is InChI=1S/C6H12F3NO2.ClH/c1-3(2)4(10)5(11,12)6(7,8)9;/h3-4,11-12H,10H2,1-2H3;1H/t4-;/m0./s1. The van der Waals surface area contributed by atoms with Gasteiger partial charge in [-0.05, 0) is 0 Å². The highest BCUT2D eigenvalue weighted by molar-refractivity contribution is 4.83. The van der Waals surface area contributed by atoms with Crippen molar-refractivity contribution in [1.82, 2.24) is 0 Å². The molecule has 0 aliphatic carbocycles. The van der Waals surface area contributed by atoms with Gasteiger partial charge < -0.3 is 28.4 Å². The van der Waals surface area contributed by atoms with Crippen LogP contribution in [0.5, 0.6) is 0 Å². The highest BCUT2D eigenvalue weighted by Crippen LogP contribution is 2.31. The molecule has 3 nitrogen and oxygen atoms in total. The normalized spacial score (nSPS) is 15.5. The number of quaternary nitrogens is 1. The number of hydrogen-bond acceptors (Lipinski definition) is 2. The third kappa shape index (κ3) is 3.30. The van der Waals surface area contributed by atoms with Gasteiger partial charge in [-0.2, -0.15) is 13.2 Å². The second-order valence-corrected chi connectivity index (χ2v) is 3.07. The van der Waals surface area contributed by atoms with Crippen molar-refractivity contribution >= 4 is 0 Å². The lowest BCUT2D eigenvalue weighted by atomic mass is 9.96. The van der Waals surface area contributed by atoms with Gasteiger partial charge in [-0.25, -0.2) is 0 Å². The van der Waals surface area contributed by atoms with Gasteiger partial charge in [0.2, 0.25) is 0 Å². The SMILES string of the molecule is CC(C)[C@H]([NH3+])C(O)(O)C(F)(F)F.[Cl-]. The van der Waals surface area contributed by atoms with Gasteiger partial charge in [-0.1, -0.05) is 13.8 Å². The molecule has 0 radical (unpaired) electrons. The smallest absolute Gasteiger partial charge is 0.449 e. The van der Waals surface area contributed by atoms with Gasteiger partial charge in [0, 0.05) is 5.92 Å². The van der Waals surface area contributed by atoms with Crippen LogP contribution in [0.2, 0.25) is 0 Å². The van der Waals surface area contributed by atoms with Crippen LogP contribution in [-0.2, 0) is 0 Å². The summed E-state index contributed by atoms with van der Waals surface area (Å²) in [4.78, 5) is 0. The van der Waals surface area contributed by atoms with E-state index in [1.807, 2.05) is 0 Å². The predicted octanol–water partition coefficient (Wildman–Crippen LogP) is -3.50. The van der Waals surface area contributed by atoms with E-state index in [1.165, 1.54) is 13.8 Å². The van der Waals surface area contributed by atoms with Crippen molar-refractivity contribution in [2.45, 2.75) is 31.9 Å². The van der Waals surface area contributed by atoms with Gasteiger partial charge in [-0.3, -0.25) is 0 Å². The second kappa shape index (κ2) is 4.45. The van der Waals surface area contributed by atoms with Crippen LogP contribution in [0.25, 0.3) is 0 Å². The fraction of sp³-hybridized carbons (Fsp3) is 1.00. The quantitative estimate of drug-likeness (QED) is 0.426. The average Bonchev–Trinajstić information content (AvgIpc) is 1.83. The number of alkyl halides is 3. The minimum absolute atomic E-state index is 0. The summed E-state index contributed by atoms with van der Waals surface area (Å²) in [6.07, 6.45) is -5.05. The molecule has 0 aromatic rings. The maximum Gasteiger partial charge on any atom is 0.449 e. The van der Waals surface area contributed by atoms with E-state index in [1.54, 1.807) is 0 Å². The van der Waals surface area contributed by atoms with Gasteiger partial charge in [0.1, 0.15) is 0 Å². The molecule has 0 aliphatic heterocycles. The van der Waals surface area contributed by atoms with Crippen molar-refractivity contribution < 1.29 is 41.5 Å². The van der Waals surface area contributed by atoms with E-state index >= 15 is 0 Å². The highest BCUT2D eigenvalue weighted by atomic mass is 35.5. The Kier molecular flexibility index (Phi) is 5.29. The molecular formula is C6H13ClF3NO2. The van der Waals surface area contributed by atoms with Gasteiger partial charge >= 0.3 is 12.0 Å². The fourth-order valence-electron chi connectivity index (χ4n) is 0.675. The first kappa shape index (κ1) is 15.4. The lowest BCUT2D eigenvalue weighted by molar-refractivity contribution is -0.527. The van der Waals surface area contributed by atoms with E-state index in [9.17, 15) is 13.2 Å². The van der Waals surface area contributed by atoms with Crippen molar-refractivity contribution in [3.63, 3.8) is 0 Å². The summed E-state index contributed by atoms with van der Waals surface area (Å²) in [5.74, 6) is -4.25. The molecule has 0 saturated carbocycles. The summed E-state index contributed by atoms with van der Waals surface area (Å²) in [6.45, 7) is 2.87. The number of rotatable bonds is 2. The Morgan fingerprint density at radius 1 is 1.15 bits per heavy atom. The van der Waals surface area contributed by atoms with Crippen molar-refractivity contribution in [3.8, 4) is 0 Å². The van der Waals surface area contributed by atoms with Crippen LogP contribution in [0.1, 0.15) is 13.8 Å². The maximum atomic E-state index is 11.9. The Morgan fingerprint density at radius 3 is 1.54 bits per heavy atom. The van der Waals surface area contributed by atoms with Gasteiger partial charge in [0.15, 0.2) is 6.04 Å². The number of halogens is 4. The van der Waals surface area contributed by atoms with Gasteiger partial charge in [-0.15, -0.1) is 0 Å². The molecule has 1 atom stereocenters. The number of hydrogen-bond donors (Lipinski definition) is 3. The molecule has 0 rings (SSSR count). The molecule has 0 unspecified atom stereocenters. The van der Waals surface area contributed by atoms with Crippen LogP contribution in [0, 0.1) is 5.92 Å². The van der Waals surface area contributed by atoms with Gasteiger partial charge in [0.25, 0.3) is 0 Å². The number of aliphatic hydroxyl groups is 2. The molecule has 7 heteroatoms.